The zero-order valence-electron chi connectivity index (χ0n) is 13.4. The van der Waals surface area contributed by atoms with Crippen LogP contribution in [0.25, 0.3) is 0 Å². The molecular weight excluding hydrogens is 337 g/mol. The van der Waals surface area contributed by atoms with Crippen molar-refractivity contribution < 1.29 is 32.4 Å². The lowest BCUT2D eigenvalue weighted by Crippen LogP contribution is -2.41. The van der Waals surface area contributed by atoms with Gasteiger partial charge in [0.25, 0.3) is 10.1 Å². The van der Waals surface area contributed by atoms with Crippen molar-refractivity contribution in [2.75, 3.05) is 0 Å². The van der Waals surface area contributed by atoms with Crippen molar-refractivity contribution >= 4 is 45.1 Å². The monoisotopic (exact) mass is 364 g/mol. The van der Waals surface area contributed by atoms with Crippen LogP contribution in [0.2, 0.25) is 0 Å². The third-order valence-electron chi connectivity index (χ3n) is 3.82. The van der Waals surface area contributed by atoms with E-state index in [2.05, 4.69) is 0 Å². The first-order valence-electron chi connectivity index (χ1n) is 7.52. The van der Waals surface area contributed by atoms with Gasteiger partial charge < -0.3 is 9.84 Å². The number of aliphatic carboxylic acids is 1. The van der Waals surface area contributed by atoms with E-state index in [1.165, 1.54) is 0 Å². The molecule has 7 nitrogen and oxygen atoms in total. The first-order valence-corrected chi connectivity index (χ1v) is 9.03. The summed E-state index contributed by atoms with van der Waals surface area (Å²) in [6.07, 6.45) is 3.30. The Labute approximate surface area is 154 Å². The molecule has 1 atom stereocenters. The van der Waals surface area contributed by atoms with E-state index in [1.54, 1.807) is 0 Å². The van der Waals surface area contributed by atoms with Crippen molar-refractivity contribution in [3.8, 4) is 0 Å². The van der Waals surface area contributed by atoms with Crippen LogP contribution in [0, 0.1) is 0 Å². The normalized spacial score (nSPS) is 13.0. The summed E-state index contributed by atoms with van der Waals surface area (Å²) in [6, 6.07) is 0. The summed E-state index contributed by atoms with van der Waals surface area (Å²) < 4.78 is 36.8. The average molecular weight is 365 g/mol. The maximum atomic E-state index is 12.1. The molecule has 0 aliphatic rings. The lowest BCUT2D eigenvalue weighted by atomic mass is 9.90. The highest BCUT2D eigenvalue weighted by Gasteiger charge is 2.39. The predicted octanol–water partition coefficient (Wildman–Crippen LogP) is 1.48. The maximum absolute atomic E-state index is 12.1. The van der Waals surface area contributed by atoms with E-state index in [-0.39, 0.29) is 23.1 Å². The number of ether oxygens (including phenoxy) is 1. The van der Waals surface area contributed by atoms with Gasteiger partial charge in [-0.1, -0.05) is 33.6 Å². The summed E-state index contributed by atoms with van der Waals surface area (Å²) >= 11 is 0. The van der Waals surface area contributed by atoms with Gasteiger partial charge in [-0.2, -0.15) is 8.42 Å². The van der Waals surface area contributed by atoms with Crippen molar-refractivity contribution in [2.45, 2.75) is 76.6 Å². The molecule has 0 saturated carbocycles. The second kappa shape index (κ2) is 11.2. The van der Waals surface area contributed by atoms with E-state index in [0.29, 0.717) is 19.3 Å². The first kappa shape index (κ1) is 24.9. The number of carboxylic acids is 1. The van der Waals surface area contributed by atoms with Gasteiger partial charge in [-0.15, -0.1) is 0 Å². The van der Waals surface area contributed by atoms with Gasteiger partial charge in [-0.3, -0.25) is 14.1 Å². The third kappa shape index (κ3) is 8.87. The van der Waals surface area contributed by atoms with Crippen LogP contribution in [-0.4, -0.2) is 63.9 Å². The Morgan fingerprint density at radius 3 is 2.00 bits per heavy atom. The molecule has 0 aromatic carbocycles. The predicted molar refractivity (Wildman–Crippen MR) is 89.7 cm³/mol. The molecule has 0 spiro atoms. The fraction of sp³-hybridized carbons (Fsp3) is 0.857. The van der Waals surface area contributed by atoms with E-state index in [9.17, 15) is 18.0 Å². The molecule has 0 amide bonds. The lowest BCUT2D eigenvalue weighted by molar-refractivity contribution is -0.163. The summed E-state index contributed by atoms with van der Waals surface area (Å²) in [6.45, 7) is 5.68. The second-order valence-corrected chi connectivity index (χ2v) is 6.97. The fourth-order valence-corrected chi connectivity index (χ4v) is 2.89. The molecule has 134 valence electrons. The maximum Gasteiger partial charge on any atom is 0.328 e. The Morgan fingerprint density at radius 1 is 1.13 bits per heavy atom. The Hall–Kier alpha value is -0.384. The highest BCUT2D eigenvalue weighted by Crippen LogP contribution is 2.29. The molecular formula is C14H28MgO7S. The molecule has 0 bridgehead atoms. The summed E-state index contributed by atoms with van der Waals surface area (Å²) in [7, 11) is -4.83. The van der Waals surface area contributed by atoms with E-state index in [1.807, 2.05) is 20.8 Å². The van der Waals surface area contributed by atoms with Crippen LogP contribution < -0.4 is 0 Å². The summed E-state index contributed by atoms with van der Waals surface area (Å²) in [5.41, 5.74) is -0.826. The van der Waals surface area contributed by atoms with Gasteiger partial charge in [0.05, 0.1) is 6.42 Å². The number of unbranched alkanes of at least 4 members (excludes halogenated alkanes) is 2. The van der Waals surface area contributed by atoms with Gasteiger partial charge in [-0.05, 0) is 25.7 Å². The number of rotatable bonds is 11. The second-order valence-electron chi connectivity index (χ2n) is 5.37. The molecule has 0 rings (SSSR count). The molecule has 0 fully saturated rings. The highest BCUT2D eigenvalue weighted by atomic mass is 32.2. The molecule has 0 aromatic heterocycles. The van der Waals surface area contributed by atoms with Crippen LogP contribution in [0.4, 0.5) is 0 Å². The molecule has 0 aliphatic carbocycles. The van der Waals surface area contributed by atoms with Gasteiger partial charge in [0.15, 0.2) is 5.25 Å². The van der Waals surface area contributed by atoms with Crippen LogP contribution in [0.5, 0.6) is 0 Å². The van der Waals surface area contributed by atoms with Crippen molar-refractivity contribution in [1.82, 2.24) is 0 Å². The Balaban J connectivity index is 0. The SMILES string of the molecule is CCCCCC(CC)(CC)OC(=O)C(CC(=O)O)S(=O)(=O)O.[MgH2]. The van der Waals surface area contributed by atoms with E-state index < -0.39 is 39.3 Å². The number of carbonyl (C=O) groups is 2. The smallest absolute Gasteiger partial charge is 0.328 e. The van der Waals surface area contributed by atoms with E-state index >= 15 is 0 Å². The first-order chi connectivity index (χ1) is 10.1. The van der Waals surface area contributed by atoms with Crippen LogP contribution in [-0.2, 0) is 24.4 Å². The number of carboxylic acid groups (broad SMARTS) is 1. The van der Waals surface area contributed by atoms with Crippen LogP contribution in [0.3, 0.4) is 0 Å². The molecule has 0 aromatic rings. The lowest BCUT2D eigenvalue weighted by Gasteiger charge is -2.32. The van der Waals surface area contributed by atoms with Crippen molar-refractivity contribution in [3.63, 3.8) is 0 Å². The molecule has 9 heteroatoms. The zero-order chi connectivity index (χ0) is 17.4. The van der Waals surface area contributed by atoms with Crippen molar-refractivity contribution in [1.29, 1.82) is 0 Å². The van der Waals surface area contributed by atoms with Crippen LogP contribution in [0.15, 0.2) is 0 Å². The summed E-state index contributed by atoms with van der Waals surface area (Å²) in [5, 5.41) is 6.61. The number of hydrogen-bond acceptors (Lipinski definition) is 5. The Kier molecular flexibility index (Phi) is 12.1. The topological polar surface area (TPSA) is 118 Å². The Morgan fingerprint density at radius 2 is 1.65 bits per heavy atom. The molecule has 23 heavy (non-hydrogen) atoms. The van der Waals surface area contributed by atoms with Crippen molar-refractivity contribution in [2.24, 2.45) is 0 Å². The minimum Gasteiger partial charge on any atom is -0.481 e. The minimum absolute atomic E-state index is 0. The van der Waals surface area contributed by atoms with E-state index in [0.717, 1.165) is 19.3 Å². The van der Waals surface area contributed by atoms with Crippen LogP contribution >= 0.6 is 0 Å². The summed E-state index contributed by atoms with van der Waals surface area (Å²) in [5.74, 6) is -2.70. The van der Waals surface area contributed by atoms with E-state index in [4.69, 9.17) is 14.4 Å². The zero-order valence-corrected chi connectivity index (χ0v) is 14.2. The van der Waals surface area contributed by atoms with Crippen LogP contribution in [0.1, 0.15) is 65.7 Å². The number of hydrogen-bond donors (Lipinski definition) is 2. The Bertz CT molecular complexity index is 472. The van der Waals surface area contributed by atoms with Gasteiger partial charge in [0.1, 0.15) is 5.60 Å². The standard InChI is InChI=1S/C14H26O7S.Mg.2H/c1-4-7-8-9-14(5-2,6-3)21-13(17)11(10-12(15)16)22(18,19)20;;;/h11H,4-10H2,1-3H3,(H,15,16)(H,18,19,20);;;. The largest absolute Gasteiger partial charge is 0.481 e. The molecule has 0 saturated heterocycles. The van der Waals surface area contributed by atoms with Gasteiger partial charge in [-0.25, -0.2) is 0 Å². The summed E-state index contributed by atoms with van der Waals surface area (Å²) in [4.78, 5) is 22.8. The average Bonchev–Trinajstić information content (AvgIpc) is 2.42. The van der Waals surface area contributed by atoms with Crippen molar-refractivity contribution in [3.05, 3.63) is 0 Å². The number of esters is 1. The minimum atomic E-state index is -4.83. The molecule has 0 radical (unpaired) electrons. The third-order valence-corrected chi connectivity index (χ3v) is 4.90. The molecule has 1 unspecified atom stereocenters. The van der Waals surface area contributed by atoms with Gasteiger partial charge in [0, 0.05) is 0 Å². The number of carbonyl (C=O) groups excluding carboxylic acids is 1. The fourth-order valence-electron chi connectivity index (χ4n) is 2.24. The molecule has 0 heterocycles. The van der Waals surface area contributed by atoms with Gasteiger partial charge in [0.2, 0.25) is 0 Å². The van der Waals surface area contributed by atoms with Gasteiger partial charge >= 0.3 is 35.0 Å². The molecule has 0 aliphatic heterocycles. The quantitative estimate of drug-likeness (QED) is 0.247. The molecule has 2 N–H and O–H groups in total. The highest BCUT2D eigenvalue weighted by molar-refractivity contribution is 7.87.